The molecule has 4 nitrogen and oxygen atoms in total. The average molecular weight is 267 g/mol. The minimum atomic E-state index is 0.439. The Balaban J connectivity index is 2.34. The molecule has 0 saturated heterocycles. The second-order valence-electron chi connectivity index (χ2n) is 4.55. The van der Waals surface area contributed by atoms with Crippen LogP contribution >= 0.6 is 0 Å². The molecule has 0 aromatic heterocycles. The zero-order valence-corrected chi connectivity index (χ0v) is 11.9. The van der Waals surface area contributed by atoms with Crippen LogP contribution in [0.1, 0.15) is 12.0 Å². The lowest BCUT2D eigenvalue weighted by Crippen LogP contribution is -2.19. The summed E-state index contributed by atoms with van der Waals surface area (Å²) in [7, 11) is 3.36. The molecular formula is C15H25NO3. The van der Waals surface area contributed by atoms with Crippen LogP contribution < -0.4 is 10.5 Å². The third-order valence-electron chi connectivity index (χ3n) is 3.09. The highest BCUT2D eigenvalue weighted by atomic mass is 16.5. The molecule has 0 amide bonds. The van der Waals surface area contributed by atoms with Crippen LogP contribution in [0.25, 0.3) is 0 Å². The number of hydrogen-bond acceptors (Lipinski definition) is 4. The second kappa shape index (κ2) is 9.78. The van der Waals surface area contributed by atoms with Crippen LogP contribution in [0.15, 0.2) is 24.3 Å². The molecule has 1 aromatic carbocycles. The highest BCUT2D eigenvalue weighted by Crippen LogP contribution is 2.17. The van der Waals surface area contributed by atoms with Crippen molar-refractivity contribution in [1.29, 1.82) is 0 Å². The largest absolute Gasteiger partial charge is 0.497 e. The van der Waals surface area contributed by atoms with Crippen molar-refractivity contribution in [1.82, 2.24) is 0 Å². The van der Waals surface area contributed by atoms with Crippen LogP contribution in [0.3, 0.4) is 0 Å². The fraction of sp³-hybridized carbons (Fsp3) is 0.600. The van der Waals surface area contributed by atoms with E-state index in [2.05, 4.69) is 12.1 Å². The van der Waals surface area contributed by atoms with Crippen LogP contribution in [-0.4, -0.2) is 40.6 Å². The number of methoxy groups -OCH3 is 2. The molecule has 0 heterocycles. The summed E-state index contributed by atoms with van der Waals surface area (Å²) in [5, 5.41) is 0. The summed E-state index contributed by atoms with van der Waals surface area (Å²) in [6.07, 6.45) is 1.93. The van der Waals surface area contributed by atoms with Gasteiger partial charge in [0.25, 0.3) is 0 Å². The second-order valence-corrected chi connectivity index (χ2v) is 4.55. The molecule has 0 fully saturated rings. The molecule has 0 radical (unpaired) electrons. The van der Waals surface area contributed by atoms with Gasteiger partial charge in [-0.15, -0.1) is 0 Å². The molecule has 0 aliphatic rings. The normalized spacial score (nSPS) is 12.4. The van der Waals surface area contributed by atoms with E-state index in [1.165, 1.54) is 5.56 Å². The van der Waals surface area contributed by atoms with Crippen molar-refractivity contribution in [3.05, 3.63) is 29.8 Å². The summed E-state index contributed by atoms with van der Waals surface area (Å²) in [6.45, 7) is 2.69. The first-order chi connectivity index (χ1) is 9.30. The van der Waals surface area contributed by atoms with Gasteiger partial charge in [0.15, 0.2) is 0 Å². The minimum absolute atomic E-state index is 0.439. The van der Waals surface area contributed by atoms with E-state index in [0.717, 1.165) is 25.2 Å². The van der Waals surface area contributed by atoms with Gasteiger partial charge in [0.1, 0.15) is 5.75 Å². The number of hydrogen-bond donors (Lipinski definition) is 1. The lowest BCUT2D eigenvalue weighted by atomic mass is 9.96. The molecule has 19 heavy (non-hydrogen) atoms. The van der Waals surface area contributed by atoms with Gasteiger partial charge in [0.05, 0.1) is 20.3 Å². The van der Waals surface area contributed by atoms with Crippen LogP contribution in [0, 0.1) is 5.92 Å². The third-order valence-corrected chi connectivity index (χ3v) is 3.09. The van der Waals surface area contributed by atoms with Gasteiger partial charge in [0.2, 0.25) is 0 Å². The summed E-state index contributed by atoms with van der Waals surface area (Å²) in [6, 6.07) is 8.14. The predicted octanol–water partition coefficient (Wildman–Crippen LogP) is 1.87. The Morgan fingerprint density at radius 3 is 2.68 bits per heavy atom. The molecule has 0 aliphatic carbocycles. The van der Waals surface area contributed by atoms with E-state index in [9.17, 15) is 0 Å². The van der Waals surface area contributed by atoms with Crippen molar-refractivity contribution in [3.8, 4) is 5.75 Å². The monoisotopic (exact) mass is 267 g/mol. The molecule has 4 heteroatoms. The summed E-state index contributed by atoms with van der Waals surface area (Å²) >= 11 is 0. The molecule has 1 aromatic rings. The maximum Gasteiger partial charge on any atom is 0.119 e. The molecule has 0 aliphatic heterocycles. The lowest BCUT2D eigenvalue weighted by molar-refractivity contribution is 0.0641. The van der Waals surface area contributed by atoms with Gasteiger partial charge >= 0.3 is 0 Å². The Bertz CT molecular complexity index is 344. The van der Waals surface area contributed by atoms with Gasteiger partial charge in [-0.05, 0) is 43.0 Å². The highest BCUT2D eigenvalue weighted by molar-refractivity contribution is 5.28. The van der Waals surface area contributed by atoms with Crippen molar-refractivity contribution < 1.29 is 14.2 Å². The quantitative estimate of drug-likeness (QED) is 0.658. The molecule has 1 rings (SSSR count). The topological polar surface area (TPSA) is 53.7 Å². The van der Waals surface area contributed by atoms with E-state index < -0.39 is 0 Å². The average Bonchev–Trinajstić information content (AvgIpc) is 2.46. The molecule has 1 atom stereocenters. The van der Waals surface area contributed by atoms with Crippen LogP contribution in [0.2, 0.25) is 0 Å². The first kappa shape index (κ1) is 16.0. The van der Waals surface area contributed by atoms with Crippen molar-refractivity contribution in [2.45, 2.75) is 12.8 Å². The van der Waals surface area contributed by atoms with E-state index in [0.29, 0.717) is 25.7 Å². The van der Waals surface area contributed by atoms with Crippen LogP contribution in [-0.2, 0) is 15.9 Å². The summed E-state index contributed by atoms with van der Waals surface area (Å²) in [5.41, 5.74) is 7.08. The van der Waals surface area contributed by atoms with E-state index in [4.69, 9.17) is 19.9 Å². The molecule has 0 saturated carbocycles. The van der Waals surface area contributed by atoms with E-state index in [1.807, 2.05) is 12.1 Å². The molecule has 0 spiro atoms. The first-order valence-electron chi connectivity index (χ1n) is 6.69. The van der Waals surface area contributed by atoms with E-state index in [-0.39, 0.29) is 0 Å². The SMILES string of the molecule is COCCOCCC(CN)Cc1cccc(OC)c1. The van der Waals surface area contributed by atoms with Gasteiger partial charge in [-0.2, -0.15) is 0 Å². The zero-order valence-electron chi connectivity index (χ0n) is 11.9. The molecular weight excluding hydrogens is 242 g/mol. The lowest BCUT2D eigenvalue weighted by Gasteiger charge is -2.15. The van der Waals surface area contributed by atoms with Gasteiger partial charge in [0, 0.05) is 13.7 Å². The van der Waals surface area contributed by atoms with E-state index >= 15 is 0 Å². The first-order valence-corrected chi connectivity index (χ1v) is 6.69. The molecule has 0 bridgehead atoms. The van der Waals surface area contributed by atoms with Crippen molar-refractivity contribution in [2.24, 2.45) is 11.7 Å². The van der Waals surface area contributed by atoms with Gasteiger partial charge in [-0.25, -0.2) is 0 Å². The number of benzene rings is 1. The summed E-state index contributed by atoms with van der Waals surface area (Å²) < 4.78 is 15.6. The molecule has 108 valence electrons. The van der Waals surface area contributed by atoms with Crippen LogP contribution in [0.5, 0.6) is 5.75 Å². The summed E-state index contributed by atoms with van der Waals surface area (Å²) in [4.78, 5) is 0. The number of ether oxygens (including phenoxy) is 3. The predicted molar refractivity (Wildman–Crippen MR) is 76.6 cm³/mol. The van der Waals surface area contributed by atoms with Crippen molar-refractivity contribution >= 4 is 0 Å². The number of nitrogens with two attached hydrogens (primary N) is 1. The molecule has 2 N–H and O–H groups in total. The summed E-state index contributed by atoms with van der Waals surface area (Å²) in [5.74, 6) is 1.33. The fourth-order valence-electron chi connectivity index (χ4n) is 1.93. The standard InChI is InChI=1S/C15H25NO3/c1-17-8-9-19-7-6-14(12-16)10-13-4-3-5-15(11-13)18-2/h3-5,11,14H,6-10,12,16H2,1-2H3. The van der Waals surface area contributed by atoms with Gasteiger partial charge in [-0.1, -0.05) is 12.1 Å². The number of rotatable bonds is 10. The van der Waals surface area contributed by atoms with Gasteiger partial charge in [-0.3, -0.25) is 0 Å². The minimum Gasteiger partial charge on any atom is -0.497 e. The van der Waals surface area contributed by atoms with Gasteiger partial charge < -0.3 is 19.9 Å². The Morgan fingerprint density at radius 2 is 2.00 bits per heavy atom. The Kier molecular flexibility index (Phi) is 8.21. The Hall–Kier alpha value is -1.10. The zero-order chi connectivity index (χ0) is 13.9. The van der Waals surface area contributed by atoms with E-state index in [1.54, 1.807) is 14.2 Å². The fourth-order valence-corrected chi connectivity index (χ4v) is 1.93. The maximum atomic E-state index is 5.82. The molecule has 1 unspecified atom stereocenters. The Labute approximate surface area is 115 Å². The Morgan fingerprint density at radius 1 is 1.16 bits per heavy atom. The van der Waals surface area contributed by atoms with Crippen LogP contribution in [0.4, 0.5) is 0 Å². The highest BCUT2D eigenvalue weighted by Gasteiger charge is 2.08. The smallest absolute Gasteiger partial charge is 0.119 e. The van der Waals surface area contributed by atoms with Crippen molar-refractivity contribution in [3.63, 3.8) is 0 Å². The third kappa shape index (κ3) is 6.57. The maximum absolute atomic E-state index is 5.82. The van der Waals surface area contributed by atoms with Crippen molar-refractivity contribution in [2.75, 3.05) is 40.6 Å².